The number of hydrogen-bond acceptors (Lipinski definition) is 6. The van der Waals surface area contributed by atoms with E-state index >= 15 is 0 Å². The van der Waals surface area contributed by atoms with Gasteiger partial charge in [-0.25, -0.2) is 4.98 Å². The van der Waals surface area contributed by atoms with E-state index in [1.54, 1.807) is 17.7 Å². The lowest BCUT2D eigenvalue weighted by Crippen LogP contribution is -2.13. The molecule has 1 N–H and O–H groups in total. The summed E-state index contributed by atoms with van der Waals surface area (Å²) in [5.41, 5.74) is 2.87. The largest absolute Gasteiger partial charge is 0.454 e. The molecule has 0 fully saturated rings. The highest BCUT2D eigenvalue weighted by molar-refractivity contribution is 7.13. The molecule has 0 radical (unpaired) electrons. The Kier molecular flexibility index (Phi) is 4.86. The molecule has 31 heavy (non-hydrogen) atoms. The molecule has 1 aliphatic heterocycles. The van der Waals surface area contributed by atoms with Gasteiger partial charge >= 0.3 is 0 Å². The van der Waals surface area contributed by atoms with Gasteiger partial charge < -0.3 is 14.0 Å². The first-order valence-corrected chi connectivity index (χ1v) is 10.4. The molecule has 7 nitrogen and oxygen atoms in total. The van der Waals surface area contributed by atoms with Crippen LogP contribution in [-0.4, -0.2) is 22.3 Å². The first-order chi connectivity index (χ1) is 15.2. The minimum Gasteiger partial charge on any atom is -0.454 e. The third-order valence-corrected chi connectivity index (χ3v) is 5.62. The van der Waals surface area contributed by atoms with E-state index in [9.17, 15) is 10.1 Å². The van der Waals surface area contributed by atoms with Crippen molar-refractivity contribution in [2.45, 2.75) is 6.54 Å². The number of ether oxygens (including phenoxy) is 2. The fraction of sp³-hybridized carbons (Fsp3) is 0.0870. The number of fused-ring (bicyclic) bond motifs is 2. The van der Waals surface area contributed by atoms with Crippen molar-refractivity contribution in [2.75, 3.05) is 12.1 Å². The number of carbonyl (C=O) groups is 1. The lowest BCUT2D eigenvalue weighted by Gasteiger charge is -2.06. The number of rotatable bonds is 5. The normalized spacial score (nSPS) is 12.7. The van der Waals surface area contributed by atoms with Gasteiger partial charge in [-0.1, -0.05) is 24.3 Å². The van der Waals surface area contributed by atoms with Crippen LogP contribution in [0.2, 0.25) is 0 Å². The summed E-state index contributed by atoms with van der Waals surface area (Å²) in [7, 11) is 0. The second-order valence-electron chi connectivity index (χ2n) is 6.88. The molecule has 0 saturated carbocycles. The third kappa shape index (κ3) is 3.74. The maximum absolute atomic E-state index is 12.5. The maximum Gasteiger partial charge on any atom is 0.268 e. The van der Waals surface area contributed by atoms with Crippen LogP contribution < -0.4 is 14.8 Å². The summed E-state index contributed by atoms with van der Waals surface area (Å²) in [6, 6.07) is 15.8. The fourth-order valence-corrected chi connectivity index (χ4v) is 4.03. The van der Waals surface area contributed by atoms with Gasteiger partial charge in [0.2, 0.25) is 6.79 Å². The molecule has 1 aliphatic rings. The number of carbonyl (C=O) groups excluding carboxylic acids is 1. The monoisotopic (exact) mass is 428 g/mol. The zero-order chi connectivity index (χ0) is 21.2. The quantitative estimate of drug-likeness (QED) is 0.375. The number of thiazole rings is 1. The summed E-state index contributed by atoms with van der Waals surface area (Å²) in [5.74, 6) is 0.999. The van der Waals surface area contributed by atoms with Gasteiger partial charge in [-0.3, -0.25) is 10.1 Å². The van der Waals surface area contributed by atoms with Gasteiger partial charge in [-0.2, -0.15) is 5.26 Å². The Morgan fingerprint density at radius 2 is 2.13 bits per heavy atom. The summed E-state index contributed by atoms with van der Waals surface area (Å²) >= 11 is 1.30. The number of aromatic nitrogens is 2. The van der Waals surface area contributed by atoms with Crippen molar-refractivity contribution in [1.82, 2.24) is 9.55 Å². The third-order valence-electron chi connectivity index (χ3n) is 4.93. The highest BCUT2D eigenvalue weighted by atomic mass is 32.1. The first-order valence-electron chi connectivity index (χ1n) is 9.50. The van der Waals surface area contributed by atoms with E-state index < -0.39 is 5.91 Å². The number of nitriles is 1. The molecule has 2 aromatic carbocycles. The van der Waals surface area contributed by atoms with Crippen molar-refractivity contribution in [2.24, 2.45) is 0 Å². The molecule has 2 aromatic heterocycles. The Bertz CT molecular complexity index is 1350. The number of nitrogens with one attached hydrogen (secondary N) is 1. The molecule has 0 aliphatic carbocycles. The van der Waals surface area contributed by atoms with Gasteiger partial charge in [0, 0.05) is 40.8 Å². The van der Waals surface area contributed by atoms with Gasteiger partial charge in [0.1, 0.15) is 11.6 Å². The van der Waals surface area contributed by atoms with Crippen molar-refractivity contribution in [1.29, 1.82) is 5.26 Å². The summed E-state index contributed by atoms with van der Waals surface area (Å²) in [4.78, 5) is 16.6. The molecular formula is C23H16N4O3S. The number of nitrogens with zero attached hydrogens (tertiary/aromatic N) is 3. The number of amides is 1. The molecule has 152 valence electrons. The summed E-state index contributed by atoms with van der Waals surface area (Å²) in [6.45, 7) is 0.846. The SMILES string of the molecule is N#C/C(=C/c1cn(Cc2ccc3c(c2)OCO3)c2ccccc12)C(=O)Nc1nccs1. The molecule has 8 heteroatoms. The first kappa shape index (κ1) is 18.9. The molecule has 4 aromatic rings. The standard InChI is InChI=1S/C23H16N4O3S/c24-11-16(22(28)26-23-25-7-8-31-23)10-17-13-27(19-4-2-1-3-18(17)19)12-15-5-6-20-21(9-15)30-14-29-20/h1-10,13H,12,14H2,(H,25,26,28)/b16-10-. The minimum atomic E-state index is -0.481. The lowest BCUT2D eigenvalue weighted by molar-refractivity contribution is -0.112. The average Bonchev–Trinajstić information content (AvgIpc) is 3.53. The number of para-hydroxylation sites is 1. The molecular weight excluding hydrogens is 412 g/mol. The van der Waals surface area contributed by atoms with E-state index in [0.29, 0.717) is 11.7 Å². The van der Waals surface area contributed by atoms with Gasteiger partial charge in [-0.05, 0) is 29.8 Å². The highest BCUT2D eigenvalue weighted by Gasteiger charge is 2.16. The van der Waals surface area contributed by atoms with Crippen LogP contribution in [0, 0.1) is 11.3 Å². The van der Waals surface area contributed by atoms with Crippen LogP contribution in [0.5, 0.6) is 11.5 Å². The van der Waals surface area contributed by atoms with E-state index in [2.05, 4.69) is 14.9 Å². The number of benzene rings is 2. The Balaban J connectivity index is 1.49. The van der Waals surface area contributed by atoms with Crippen LogP contribution in [0.4, 0.5) is 5.13 Å². The lowest BCUT2D eigenvalue weighted by atomic mass is 10.1. The highest BCUT2D eigenvalue weighted by Crippen LogP contribution is 2.33. The van der Waals surface area contributed by atoms with Crippen molar-refractivity contribution < 1.29 is 14.3 Å². The predicted octanol–water partition coefficient (Wildman–Crippen LogP) is 4.42. The van der Waals surface area contributed by atoms with Crippen LogP contribution >= 0.6 is 11.3 Å². The van der Waals surface area contributed by atoms with Crippen LogP contribution in [0.25, 0.3) is 17.0 Å². The van der Waals surface area contributed by atoms with Crippen molar-refractivity contribution in [3.63, 3.8) is 0 Å². The van der Waals surface area contributed by atoms with E-state index in [1.165, 1.54) is 11.3 Å². The topological polar surface area (TPSA) is 89.2 Å². The number of hydrogen-bond donors (Lipinski definition) is 1. The average molecular weight is 428 g/mol. The molecule has 0 unspecified atom stereocenters. The molecule has 0 atom stereocenters. The molecule has 0 bridgehead atoms. The van der Waals surface area contributed by atoms with E-state index in [0.717, 1.165) is 33.5 Å². The molecule has 5 rings (SSSR count). The Morgan fingerprint density at radius 3 is 2.97 bits per heavy atom. The molecule has 0 saturated heterocycles. The zero-order valence-electron chi connectivity index (χ0n) is 16.2. The second-order valence-corrected chi connectivity index (χ2v) is 7.77. The molecule has 1 amide bonds. The van der Waals surface area contributed by atoms with Crippen molar-refractivity contribution in [3.8, 4) is 17.6 Å². The minimum absolute atomic E-state index is 0.0150. The predicted molar refractivity (Wildman–Crippen MR) is 118 cm³/mol. The summed E-state index contributed by atoms with van der Waals surface area (Å²) in [5, 5.41) is 15.4. The summed E-state index contributed by atoms with van der Waals surface area (Å²) in [6.07, 6.45) is 5.16. The smallest absolute Gasteiger partial charge is 0.268 e. The van der Waals surface area contributed by atoms with Crippen molar-refractivity contribution >= 4 is 39.4 Å². The summed E-state index contributed by atoms with van der Waals surface area (Å²) < 4.78 is 13.0. The number of anilines is 1. The van der Waals surface area contributed by atoms with E-state index in [4.69, 9.17) is 9.47 Å². The van der Waals surface area contributed by atoms with Crippen molar-refractivity contribution in [3.05, 3.63) is 76.9 Å². The Hall–Kier alpha value is -4.09. The van der Waals surface area contributed by atoms with Crippen LogP contribution in [-0.2, 0) is 11.3 Å². The van der Waals surface area contributed by atoms with E-state index in [-0.39, 0.29) is 12.4 Å². The van der Waals surface area contributed by atoms with Crippen LogP contribution in [0.1, 0.15) is 11.1 Å². The Morgan fingerprint density at radius 1 is 1.26 bits per heavy atom. The van der Waals surface area contributed by atoms with Gasteiger partial charge in [-0.15, -0.1) is 11.3 Å². The van der Waals surface area contributed by atoms with Gasteiger partial charge in [0.15, 0.2) is 16.6 Å². The fourth-order valence-electron chi connectivity index (χ4n) is 3.51. The zero-order valence-corrected chi connectivity index (χ0v) is 17.1. The van der Waals surface area contributed by atoms with Gasteiger partial charge in [0.05, 0.1) is 0 Å². The second kappa shape index (κ2) is 7.97. The van der Waals surface area contributed by atoms with Gasteiger partial charge in [0.25, 0.3) is 5.91 Å². The maximum atomic E-state index is 12.5. The molecule has 0 spiro atoms. The van der Waals surface area contributed by atoms with Crippen LogP contribution in [0.3, 0.4) is 0 Å². The Labute approximate surface area is 181 Å². The van der Waals surface area contributed by atoms with E-state index in [1.807, 2.05) is 54.7 Å². The molecule has 3 heterocycles. The van der Waals surface area contributed by atoms with Crippen LogP contribution in [0.15, 0.2) is 65.8 Å².